The molecule has 2 aliphatic rings. The largest absolute Gasteiger partial charge is 0.339 e. The highest BCUT2D eigenvalue weighted by atomic mass is 32.1. The first kappa shape index (κ1) is 20.3. The number of halogens is 1. The Morgan fingerprint density at radius 3 is 2.97 bits per heavy atom. The summed E-state index contributed by atoms with van der Waals surface area (Å²) in [7, 11) is 0. The Hall–Kier alpha value is -2.58. The minimum absolute atomic E-state index is 0.161. The Kier molecular flexibility index (Phi) is 5.82. The average Bonchev–Trinajstić information content (AvgIpc) is 3.47. The predicted octanol–water partition coefficient (Wildman–Crippen LogP) is 4.09. The van der Waals surface area contributed by atoms with E-state index < -0.39 is 0 Å². The average molecular weight is 441 g/mol. The minimum Gasteiger partial charge on any atom is -0.339 e. The van der Waals surface area contributed by atoms with Crippen molar-refractivity contribution in [3.63, 3.8) is 0 Å². The van der Waals surface area contributed by atoms with Gasteiger partial charge in [-0.1, -0.05) is 5.16 Å². The molecule has 162 valence electrons. The molecule has 1 unspecified atom stereocenters. The van der Waals surface area contributed by atoms with Crippen LogP contribution in [0.4, 0.5) is 4.39 Å². The summed E-state index contributed by atoms with van der Waals surface area (Å²) in [6, 6.07) is 8.24. The first-order chi connectivity index (χ1) is 15.2. The maximum Gasteiger partial charge on any atom is 0.231 e. The molecular weight excluding hydrogens is 415 g/mol. The molecule has 0 spiro atoms. The third-order valence-electron chi connectivity index (χ3n) is 6.20. The van der Waals surface area contributed by atoms with Crippen LogP contribution in [0.2, 0.25) is 0 Å². The number of nitrogens with zero attached hydrogens (tertiary/aromatic N) is 4. The van der Waals surface area contributed by atoms with Gasteiger partial charge in [-0.25, -0.2) is 4.39 Å². The topological polar surface area (TPSA) is 62.5 Å². The molecule has 1 fully saturated rings. The van der Waals surface area contributed by atoms with Gasteiger partial charge >= 0.3 is 0 Å². The molecule has 1 atom stereocenters. The fourth-order valence-electron chi connectivity index (χ4n) is 4.45. The monoisotopic (exact) mass is 440 g/mol. The Bertz CT molecular complexity index is 1050. The van der Waals surface area contributed by atoms with E-state index in [2.05, 4.69) is 26.5 Å². The summed E-state index contributed by atoms with van der Waals surface area (Å²) < 4.78 is 18.7. The van der Waals surface area contributed by atoms with Gasteiger partial charge in [0.15, 0.2) is 0 Å². The molecule has 1 aromatic carbocycles. The molecule has 1 saturated heterocycles. The van der Waals surface area contributed by atoms with Crippen molar-refractivity contribution >= 4 is 17.2 Å². The van der Waals surface area contributed by atoms with Crippen molar-refractivity contribution in [1.29, 1.82) is 0 Å². The van der Waals surface area contributed by atoms with Crippen LogP contribution in [0.1, 0.15) is 41.5 Å². The van der Waals surface area contributed by atoms with Crippen molar-refractivity contribution in [3.05, 3.63) is 57.9 Å². The van der Waals surface area contributed by atoms with E-state index in [4.69, 9.17) is 4.52 Å². The SMILES string of the molecule is O=C(CCN1CCCC(c2nc(-c3ccc(F)cc3)no2)C1)N1CCc2sccc2C1. The molecule has 1 amide bonds. The number of carbonyl (C=O) groups excluding carboxylic acids is 1. The van der Waals surface area contributed by atoms with Crippen LogP contribution in [0, 0.1) is 5.82 Å². The lowest BCUT2D eigenvalue weighted by atomic mass is 9.97. The Labute approximate surface area is 184 Å². The number of likely N-dealkylation sites (tertiary alicyclic amines) is 1. The molecule has 8 heteroatoms. The van der Waals surface area contributed by atoms with Gasteiger partial charge < -0.3 is 14.3 Å². The molecule has 0 N–H and O–H groups in total. The van der Waals surface area contributed by atoms with Gasteiger partial charge in [0.05, 0.1) is 5.92 Å². The third-order valence-corrected chi connectivity index (χ3v) is 7.22. The molecule has 0 aliphatic carbocycles. The van der Waals surface area contributed by atoms with Crippen LogP contribution in [0.15, 0.2) is 40.2 Å². The lowest BCUT2D eigenvalue weighted by Crippen LogP contribution is -2.40. The minimum atomic E-state index is -0.287. The number of aromatic nitrogens is 2. The van der Waals surface area contributed by atoms with E-state index in [-0.39, 0.29) is 17.6 Å². The van der Waals surface area contributed by atoms with Gasteiger partial charge in [0.2, 0.25) is 17.6 Å². The van der Waals surface area contributed by atoms with Crippen LogP contribution in [0.5, 0.6) is 0 Å². The van der Waals surface area contributed by atoms with Crippen LogP contribution >= 0.6 is 11.3 Å². The van der Waals surface area contributed by atoms with E-state index in [1.54, 1.807) is 23.5 Å². The van der Waals surface area contributed by atoms with Gasteiger partial charge in [0.25, 0.3) is 0 Å². The standard InChI is InChI=1S/C23H25FN4O2S/c24-19-5-3-16(4-6-19)22-25-23(30-26-22)18-2-1-10-27(14-18)11-8-21(29)28-12-7-20-17(15-28)9-13-31-20/h3-6,9,13,18H,1-2,7-8,10-12,14-15H2. The van der Waals surface area contributed by atoms with Crippen LogP contribution in [-0.2, 0) is 17.8 Å². The number of thiophene rings is 1. The van der Waals surface area contributed by atoms with Gasteiger partial charge in [-0.15, -0.1) is 11.3 Å². The number of carbonyl (C=O) groups is 1. The lowest BCUT2D eigenvalue weighted by molar-refractivity contribution is -0.132. The second-order valence-corrected chi connectivity index (χ2v) is 9.29. The van der Waals surface area contributed by atoms with Gasteiger partial charge in [-0.3, -0.25) is 4.79 Å². The summed E-state index contributed by atoms with van der Waals surface area (Å²) in [6.45, 7) is 4.11. The second kappa shape index (κ2) is 8.88. The van der Waals surface area contributed by atoms with Gasteiger partial charge in [0.1, 0.15) is 5.82 Å². The van der Waals surface area contributed by atoms with Gasteiger partial charge in [0, 0.05) is 43.0 Å². The van der Waals surface area contributed by atoms with Crippen molar-refractivity contribution in [2.24, 2.45) is 0 Å². The quantitative estimate of drug-likeness (QED) is 0.598. The normalized spacial score (nSPS) is 19.4. The maximum absolute atomic E-state index is 13.1. The molecular formula is C23H25FN4O2S. The van der Waals surface area contributed by atoms with Crippen molar-refractivity contribution in [2.75, 3.05) is 26.2 Å². The number of hydrogen-bond donors (Lipinski definition) is 0. The maximum atomic E-state index is 13.1. The number of benzene rings is 1. The molecule has 6 nitrogen and oxygen atoms in total. The highest BCUT2D eigenvalue weighted by Gasteiger charge is 2.27. The summed E-state index contributed by atoms with van der Waals surface area (Å²) in [6.07, 6.45) is 3.53. The molecule has 2 aliphatic heterocycles. The molecule has 4 heterocycles. The van der Waals surface area contributed by atoms with Gasteiger partial charge in [-0.2, -0.15) is 4.98 Å². The molecule has 0 bridgehead atoms. The Morgan fingerprint density at radius 1 is 1.23 bits per heavy atom. The van der Waals surface area contributed by atoms with E-state index in [9.17, 15) is 9.18 Å². The van der Waals surface area contributed by atoms with Crippen molar-refractivity contribution in [3.8, 4) is 11.4 Å². The highest BCUT2D eigenvalue weighted by Crippen LogP contribution is 2.28. The Morgan fingerprint density at radius 2 is 2.10 bits per heavy atom. The summed E-state index contributed by atoms with van der Waals surface area (Å²) >= 11 is 1.79. The second-order valence-electron chi connectivity index (χ2n) is 8.29. The van der Waals surface area contributed by atoms with Crippen molar-refractivity contribution in [2.45, 2.75) is 38.1 Å². The molecule has 3 aromatic rings. The smallest absolute Gasteiger partial charge is 0.231 e. The first-order valence-electron chi connectivity index (χ1n) is 10.8. The van der Waals surface area contributed by atoms with Crippen LogP contribution in [0.3, 0.4) is 0 Å². The molecule has 31 heavy (non-hydrogen) atoms. The predicted molar refractivity (Wildman–Crippen MR) is 116 cm³/mol. The lowest BCUT2D eigenvalue weighted by Gasteiger charge is -2.32. The summed E-state index contributed by atoms with van der Waals surface area (Å²) in [5, 5.41) is 6.20. The summed E-state index contributed by atoms with van der Waals surface area (Å²) in [5.41, 5.74) is 2.04. The number of fused-ring (bicyclic) bond motifs is 1. The summed E-state index contributed by atoms with van der Waals surface area (Å²) in [5.74, 6) is 1.21. The van der Waals surface area contributed by atoms with Crippen molar-refractivity contribution < 1.29 is 13.7 Å². The van der Waals surface area contributed by atoms with E-state index in [1.165, 1.54) is 22.6 Å². The fraction of sp³-hybridized carbons (Fsp3) is 0.435. The Balaban J connectivity index is 1.16. The van der Waals surface area contributed by atoms with Crippen molar-refractivity contribution in [1.82, 2.24) is 19.9 Å². The van der Waals surface area contributed by atoms with Crippen LogP contribution < -0.4 is 0 Å². The molecule has 5 rings (SSSR count). The fourth-order valence-corrected chi connectivity index (χ4v) is 5.34. The molecule has 0 saturated carbocycles. The zero-order valence-corrected chi connectivity index (χ0v) is 18.1. The zero-order chi connectivity index (χ0) is 21.2. The van der Waals surface area contributed by atoms with Crippen LogP contribution in [-0.4, -0.2) is 52.0 Å². The number of amides is 1. The molecule has 0 radical (unpaired) electrons. The highest BCUT2D eigenvalue weighted by molar-refractivity contribution is 7.10. The molecule has 2 aromatic heterocycles. The first-order valence-corrected chi connectivity index (χ1v) is 11.7. The van der Waals surface area contributed by atoms with Crippen LogP contribution in [0.25, 0.3) is 11.4 Å². The van der Waals surface area contributed by atoms with E-state index in [0.717, 1.165) is 57.5 Å². The third kappa shape index (κ3) is 4.55. The number of hydrogen-bond acceptors (Lipinski definition) is 6. The van der Waals surface area contributed by atoms with E-state index >= 15 is 0 Å². The van der Waals surface area contributed by atoms with E-state index in [0.29, 0.717) is 18.1 Å². The zero-order valence-electron chi connectivity index (χ0n) is 17.3. The van der Waals surface area contributed by atoms with Gasteiger partial charge in [-0.05, 0) is 67.1 Å². The van der Waals surface area contributed by atoms with E-state index in [1.807, 2.05) is 4.90 Å². The summed E-state index contributed by atoms with van der Waals surface area (Å²) in [4.78, 5) is 23.0. The number of rotatable bonds is 5. The number of piperidine rings is 1.